The molecule has 0 bridgehead atoms. The molecule has 1 aromatic rings. The molecule has 112 valence electrons. The molecule has 0 amide bonds. The predicted molar refractivity (Wildman–Crippen MR) is 82.0 cm³/mol. The summed E-state index contributed by atoms with van der Waals surface area (Å²) in [5.74, 6) is 2.59. The lowest BCUT2D eigenvalue weighted by atomic mass is 10.1. The average Bonchev–Trinajstić information content (AvgIpc) is 3.18. The van der Waals surface area contributed by atoms with Gasteiger partial charge in [0.1, 0.15) is 11.5 Å². The molecular formula is C15H26N4O. The van der Waals surface area contributed by atoms with E-state index < -0.39 is 0 Å². The minimum absolute atomic E-state index is 0.510. The van der Waals surface area contributed by atoms with Crippen molar-refractivity contribution in [1.82, 2.24) is 9.97 Å². The van der Waals surface area contributed by atoms with Crippen LogP contribution in [-0.4, -0.2) is 22.6 Å². The zero-order chi connectivity index (χ0) is 14.5. The highest BCUT2D eigenvalue weighted by Gasteiger charge is 2.24. The Balaban J connectivity index is 2.17. The van der Waals surface area contributed by atoms with Gasteiger partial charge in [-0.2, -0.15) is 4.98 Å². The number of nitrogen functional groups attached to an aromatic ring is 1. The number of aromatic nitrogens is 2. The number of nitrogens with zero attached hydrogens (tertiary/aromatic N) is 2. The molecule has 0 saturated heterocycles. The fourth-order valence-electron chi connectivity index (χ4n) is 1.90. The first-order valence-corrected chi connectivity index (χ1v) is 7.65. The Bertz CT molecular complexity index is 444. The molecule has 1 heterocycles. The highest BCUT2D eigenvalue weighted by atomic mass is 16.5. The summed E-state index contributed by atoms with van der Waals surface area (Å²) in [6, 6.07) is 0.516. The van der Waals surface area contributed by atoms with E-state index in [1.807, 2.05) is 0 Å². The standard InChI is InChI=1S/C15H26N4O/c1-4-5-8-20-15-13(16)14(17-11-6-7-11)18-12(19-15)9-10(2)3/h10-11H,4-9,16H2,1-3H3,(H,17,18,19). The van der Waals surface area contributed by atoms with Gasteiger partial charge < -0.3 is 15.8 Å². The van der Waals surface area contributed by atoms with Crippen LogP contribution in [0.5, 0.6) is 5.88 Å². The average molecular weight is 278 g/mol. The molecule has 20 heavy (non-hydrogen) atoms. The molecule has 1 aromatic heterocycles. The van der Waals surface area contributed by atoms with Crippen molar-refractivity contribution in [3.8, 4) is 5.88 Å². The van der Waals surface area contributed by atoms with Gasteiger partial charge in [-0.25, -0.2) is 4.98 Å². The zero-order valence-corrected chi connectivity index (χ0v) is 12.8. The van der Waals surface area contributed by atoms with E-state index in [4.69, 9.17) is 10.5 Å². The maximum Gasteiger partial charge on any atom is 0.242 e. The molecule has 1 aliphatic rings. The van der Waals surface area contributed by atoms with Crippen LogP contribution >= 0.6 is 0 Å². The molecule has 1 fully saturated rings. The maximum atomic E-state index is 6.13. The molecule has 2 rings (SSSR count). The van der Waals surface area contributed by atoms with Gasteiger partial charge in [0.25, 0.3) is 0 Å². The molecule has 1 aliphatic carbocycles. The summed E-state index contributed by atoms with van der Waals surface area (Å²) in [5, 5.41) is 3.37. The van der Waals surface area contributed by atoms with E-state index in [1.54, 1.807) is 0 Å². The summed E-state index contributed by atoms with van der Waals surface area (Å²) in [6.07, 6.45) is 5.32. The molecule has 3 N–H and O–H groups in total. The second-order valence-electron chi connectivity index (χ2n) is 5.93. The third-order valence-corrected chi connectivity index (χ3v) is 3.20. The molecule has 0 atom stereocenters. The Hall–Kier alpha value is -1.52. The van der Waals surface area contributed by atoms with Crippen LogP contribution in [0.25, 0.3) is 0 Å². The lowest BCUT2D eigenvalue weighted by Gasteiger charge is -2.14. The van der Waals surface area contributed by atoms with Crippen LogP contribution in [-0.2, 0) is 6.42 Å². The Morgan fingerprint density at radius 3 is 2.70 bits per heavy atom. The molecule has 0 aromatic carbocycles. The van der Waals surface area contributed by atoms with Gasteiger partial charge >= 0.3 is 0 Å². The molecule has 0 spiro atoms. The maximum absolute atomic E-state index is 6.13. The Morgan fingerprint density at radius 1 is 1.35 bits per heavy atom. The fourth-order valence-corrected chi connectivity index (χ4v) is 1.90. The van der Waals surface area contributed by atoms with E-state index in [1.165, 1.54) is 12.8 Å². The minimum Gasteiger partial charge on any atom is -0.476 e. The number of hydrogen-bond donors (Lipinski definition) is 2. The summed E-state index contributed by atoms with van der Waals surface area (Å²) in [7, 11) is 0. The second kappa shape index (κ2) is 6.77. The number of nitrogens with one attached hydrogen (secondary N) is 1. The zero-order valence-electron chi connectivity index (χ0n) is 12.8. The summed E-state index contributed by atoms with van der Waals surface area (Å²) in [6.45, 7) is 7.11. The fraction of sp³-hybridized carbons (Fsp3) is 0.733. The molecule has 0 aliphatic heterocycles. The third kappa shape index (κ3) is 4.25. The lowest BCUT2D eigenvalue weighted by Crippen LogP contribution is -2.13. The lowest BCUT2D eigenvalue weighted by molar-refractivity contribution is 0.298. The topological polar surface area (TPSA) is 73.1 Å². The largest absolute Gasteiger partial charge is 0.476 e. The van der Waals surface area contributed by atoms with Crippen LogP contribution in [0.3, 0.4) is 0 Å². The number of nitrogens with two attached hydrogens (primary N) is 1. The summed E-state index contributed by atoms with van der Waals surface area (Å²) in [5.41, 5.74) is 6.67. The molecule has 5 heteroatoms. The molecule has 0 unspecified atom stereocenters. The van der Waals surface area contributed by atoms with Crippen LogP contribution in [0.15, 0.2) is 0 Å². The van der Waals surface area contributed by atoms with Gasteiger partial charge in [-0.1, -0.05) is 27.2 Å². The van der Waals surface area contributed by atoms with Crippen molar-refractivity contribution in [1.29, 1.82) is 0 Å². The van der Waals surface area contributed by atoms with Crippen LogP contribution in [0.1, 0.15) is 52.3 Å². The van der Waals surface area contributed by atoms with Gasteiger partial charge in [0, 0.05) is 12.5 Å². The van der Waals surface area contributed by atoms with Gasteiger partial charge in [-0.15, -0.1) is 0 Å². The number of ether oxygens (including phenoxy) is 1. The smallest absolute Gasteiger partial charge is 0.242 e. The monoisotopic (exact) mass is 278 g/mol. The van der Waals surface area contributed by atoms with E-state index in [9.17, 15) is 0 Å². The summed E-state index contributed by atoms with van der Waals surface area (Å²) >= 11 is 0. The highest BCUT2D eigenvalue weighted by Crippen LogP contribution is 2.31. The van der Waals surface area contributed by atoms with E-state index in [0.29, 0.717) is 30.1 Å². The van der Waals surface area contributed by atoms with Gasteiger partial charge in [-0.05, 0) is 25.2 Å². The van der Waals surface area contributed by atoms with Gasteiger partial charge in [0.2, 0.25) is 5.88 Å². The first-order valence-electron chi connectivity index (χ1n) is 7.65. The Morgan fingerprint density at radius 2 is 2.10 bits per heavy atom. The van der Waals surface area contributed by atoms with Crippen molar-refractivity contribution in [3.63, 3.8) is 0 Å². The predicted octanol–water partition coefficient (Wildman–Crippen LogP) is 3.01. The minimum atomic E-state index is 0.510. The number of unbranched alkanes of at least 4 members (excludes halogenated alkanes) is 1. The number of rotatable bonds is 8. The number of anilines is 2. The normalized spacial score (nSPS) is 14.6. The molecule has 5 nitrogen and oxygen atoms in total. The third-order valence-electron chi connectivity index (χ3n) is 3.20. The molecule has 1 saturated carbocycles. The summed E-state index contributed by atoms with van der Waals surface area (Å²) < 4.78 is 5.73. The first kappa shape index (κ1) is 14.9. The van der Waals surface area contributed by atoms with E-state index in [0.717, 1.165) is 30.9 Å². The number of hydrogen-bond acceptors (Lipinski definition) is 5. The first-order chi connectivity index (χ1) is 9.60. The van der Waals surface area contributed by atoms with Crippen LogP contribution in [0, 0.1) is 5.92 Å². The highest BCUT2D eigenvalue weighted by molar-refractivity contribution is 5.67. The van der Waals surface area contributed by atoms with Crippen LogP contribution in [0.4, 0.5) is 11.5 Å². The van der Waals surface area contributed by atoms with Crippen LogP contribution in [0.2, 0.25) is 0 Å². The van der Waals surface area contributed by atoms with Crippen molar-refractivity contribution in [3.05, 3.63) is 5.82 Å². The summed E-state index contributed by atoms with van der Waals surface area (Å²) in [4.78, 5) is 9.03. The van der Waals surface area contributed by atoms with Gasteiger partial charge in [0.05, 0.1) is 6.61 Å². The second-order valence-corrected chi connectivity index (χ2v) is 5.93. The molecular weight excluding hydrogens is 252 g/mol. The van der Waals surface area contributed by atoms with E-state index >= 15 is 0 Å². The van der Waals surface area contributed by atoms with Crippen LogP contribution < -0.4 is 15.8 Å². The van der Waals surface area contributed by atoms with E-state index in [2.05, 4.69) is 36.1 Å². The Kier molecular flexibility index (Phi) is 5.04. The molecule has 0 radical (unpaired) electrons. The Labute approximate surface area is 121 Å². The van der Waals surface area contributed by atoms with Gasteiger partial charge in [-0.3, -0.25) is 0 Å². The van der Waals surface area contributed by atoms with Gasteiger partial charge in [0.15, 0.2) is 5.82 Å². The quantitative estimate of drug-likeness (QED) is 0.715. The van der Waals surface area contributed by atoms with Crippen molar-refractivity contribution in [2.24, 2.45) is 5.92 Å². The van der Waals surface area contributed by atoms with E-state index in [-0.39, 0.29) is 0 Å². The van der Waals surface area contributed by atoms with Crippen molar-refractivity contribution < 1.29 is 4.74 Å². The van der Waals surface area contributed by atoms with Crippen molar-refractivity contribution in [2.75, 3.05) is 17.7 Å². The SMILES string of the molecule is CCCCOc1nc(CC(C)C)nc(NC2CC2)c1N. The van der Waals surface area contributed by atoms with Crippen molar-refractivity contribution in [2.45, 2.75) is 58.9 Å². The van der Waals surface area contributed by atoms with Crippen molar-refractivity contribution >= 4 is 11.5 Å².